The van der Waals surface area contributed by atoms with Crippen LogP contribution < -0.4 is 0 Å². The Balaban J connectivity index is 2.69. The van der Waals surface area contributed by atoms with Crippen molar-refractivity contribution < 1.29 is 14.9 Å². The van der Waals surface area contributed by atoms with Crippen LogP contribution >= 0.6 is 0 Å². The van der Waals surface area contributed by atoms with Crippen molar-refractivity contribution >= 4 is 0 Å². The van der Waals surface area contributed by atoms with E-state index in [2.05, 4.69) is 0 Å². The predicted molar refractivity (Wildman–Crippen MR) is 42.2 cm³/mol. The third kappa shape index (κ3) is 9.88. The normalized spacial score (nSPS) is 10.4. The van der Waals surface area contributed by atoms with Gasteiger partial charge in [-0.25, -0.2) is 0 Å². The fraction of sp³-hybridized carbons (Fsp3) is 0.500. The zero-order chi connectivity index (χ0) is 8.36. The Bertz CT molecular complexity index is 58.4. The summed E-state index contributed by atoms with van der Waals surface area (Å²) in [4.78, 5) is 0. The third-order valence-electron chi connectivity index (χ3n) is 0.938. The van der Waals surface area contributed by atoms with Gasteiger partial charge in [0.2, 0.25) is 0 Å². The summed E-state index contributed by atoms with van der Waals surface area (Å²) < 4.78 is 4.93. The molecular formula is C8H14O3. The Labute approximate surface area is 68.0 Å². The van der Waals surface area contributed by atoms with Crippen molar-refractivity contribution in [3.63, 3.8) is 0 Å². The maximum absolute atomic E-state index is 8.32. The Kier molecular flexibility index (Phi) is 9.77. The fourth-order valence-electron chi connectivity index (χ4n) is 0.489. The molecule has 0 amide bonds. The lowest BCUT2D eigenvalue weighted by molar-refractivity contribution is 0.107. The van der Waals surface area contributed by atoms with Gasteiger partial charge in [-0.05, 0) is 25.7 Å². The molecule has 0 aliphatic heterocycles. The summed E-state index contributed by atoms with van der Waals surface area (Å²) in [5, 5.41) is 16.6. The Morgan fingerprint density at radius 2 is 1.82 bits per heavy atom. The standard InChI is InChI=1S/C8H14O3/c9-5-3-1-2-4-7-11-8-6-10/h1-4,9-10H,5-8H2. The van der Waals surface area contributed by atoms with Crippen LogP contribution in [-0.4, -0.2) is 36.6 Å². The van der Waals surface area contributed by atoms with Gasteiger partial charge in [-0.15, -0.1) is 0 Å². The number of unbranched alkanes of at least 4 members (excludes halogenated alkanes) is 3. The molecule has 0 bridgehead atoms. The van der Waals surface area contributed by atoms with Crippen LogP contribution in [0.25, 0.3) is 0 Å². The first-order valence-electron chi connectivity index (χ1n) is 3.53. The first kappa shape index (κ1) is 10.9. The summed E-state index contributed by atoms with van der Waals surface area (Å²) in [6, 6.07) is 0. The minimum atomic E-state index is 0.0559. The van der Waals surface area contributed by atoms with Crippen molar-refractivity contribution in [2.45, 2.75) is 0 Å². The molecule has 0 atom stereocenters. The Morgan fingerprint density at radius 3 is 2.45 bits per heavy atom. The predicted octanol–water partition coefficient (Wildman–Crippen LogP) is -0.195. The van der Waals surface area contributed by atoms with Crippen molar-refractivity contribution in [3.8, 4) is 0 Å². The lowest BCUT2D eigenvalue weighted by Gasteiger charge is -1.99. The largest absolute Gasteiger partial charge is 0.396 e. The van der Waals surface area contributed by atoms with Crippen LogP contribution in [0.1, 0.15) is 0 Å². The van der Waals surface area contributed by atoms with E-state index in [1.807, 2.05) is 6.42 Å². The van der Waals surface area contributed by atoms with Crippen LogP contribution in [-0.2, 0) is 4.74 Å². The molecule has 0 aliphatic carbocycles. The van der Waals surface area contributed by atoms with Gasteiger partial charge in [-0.1, -0.05) is 0 Å². The summed E-state index contributed by atoms with van der Waals surface area (Å²) in [7, 11) is 0. The van der Waals surface area contributed by atoms with E-state index in [1.165, 1.54) is 0 Å². The summed E-state index contributed by atoms with van der Waals surface area (Å²) >= 11 is 0. The number of hydrogen-bond donors (Lipinski definition) is 2. The molecule has 3 nitrogen and oxygen atoms in total. The second-order valence-electron chi connectivity index (χ2n) is 1.84. The second-order valence-corrected chi connectivity index (χ2v) is 1.84. The quantitative estimate of drug-likeness (QED) is 0.481. The highest BCUT2D eigenvalue weighted by molar-refractivity contribution is 5.03. The lowest BCUT2D eigenvalue weighted by Crippen LogP contribution is -2.01. The lowest BCUT2D eigenvalue weighted by atomic mass is 10.2. The highest BCUT2D eigenvalue weighted by Crippen LogP contribution is 1.93. The van der Waals surface area contributed by atoms with Crippen LogP contribution in [0.2, 0.25) is 0 Å². The van der Waals surface area contributed by atoms with Gasteiger partial charge in [0.1, 0.15) is 0 Å². The molecule has 0 aromatic heterocycles. The SMILES string of the molecule is OC[CH][CH][CH][CH]COCCO. The number of aliphatic hydroxyl groups is 2. The van der Waals surface area contributed by atoms with E-state index in [4.69, 9.17) is 14.9 Å². The van der Waals surface area contributed by atoms with Gasteiger partial charge in [0.15, 0.2) is 0 Å². The minimum Gasteiger partial charge on any atom is -0.396 e. The van der Waals surface area contributed by atoms with E-state index >= 15 is 0 Å². The molecule has 0 saturated heterocycles. The smallest absolute Gasteiger partial charge is 0.0697 e. The molecule has 0 spiro atoms. The van der Waals surface area contributed by atoms with Gasteiger partial charge in [-0.2, -0.15) is 0 Å². The molecule has 2 N–H and O–H groups in total. The van der Waals surface area contributed by atoms with E-state index in [1.54, 1.807) is 19.3 Å². The van der Waals surface area contributed by atoms with E-state index in [9.17, 15) is 0 Å². The monoisotopic (exact) mass is 158 g/mol. The van der Waals surface area contributed by atoms with E-state index < -0.39 is 0 Å². The molecule has 4 radical (unpaired) electrons. The van der Waals surface area contributed by atoms with Crippen molar-refractivity contribution in [2.75, 3.05) is 26.4 Å². The van der Waals surface area contributed by atoms with E-state index in [0.29, 0.717) is 13.2 Å². The van der Waals surface area contributed by atoms with Crippen LogP contribution in [0.3, 0.4) is 0 Å². The highest BCUT2D eigenvalue weighted by Gasteiger charge is 1.90. The van der Waals surface area contributed by atoms with Crippen LogP contribution in [0.15, 0.2) is 0 Å². The van der Waals surface area contributed by atoms with E-state index in [0.717, 1.165) is 0 Å². The summed E-state index contributed by atoms with van der Waals surface area (Å²) in [5.74, 6) is 0. The van der Waals surface area contributed by atoms with Gasteiger partial charge >= 0.3 is 0 Å². The molecule has 0 saturated carbocycles. The second kappa shape index (κ2) is 9.88. The van der Waals surface area contributed by atoms with Gasteiger partial charge in [0.25, 0.3) is 0 Å². The first-order chi connectivity index (χ1) is 5.41. The molecule has 0 aromatic rings. The number of aliphatic hydroxyl groups excluding tert-OH is 2. The summed E-state index contributed by atoms with van der Waals surface area (Å²) in [5.41, 5.74) is 0. The third-order valence-corrected chi connectivity index (χ3v) is 0.938. The van der Waals surface area contributed by atoms with Crippen LogP contribution in [0.4, 0.5) is 0 Å². The van der Waals surface area contributed by atoms with Crippen molar-refractivity contribution in [1.29, 1.82) is 0 Å². The van der Waals surface area contributed by atoms with Crippen molar-refractivity contribution in [1.82, 2.24) is 0 Å². The molecule has 64 valence electrons. The molecule has 0 rings (SSSR count). The molecule has 0 fully saturated rings. The molecular weight excluding hydrogens is 144 g/mol. The molecule has 0 heterocycles. The van der Waals surface area contributed by atoms with Gasteiger partial charge in [0, 0.05) is 6.61 Å². The average molecular weight is 158 g/mol. The Hall–Kier alpha value is -0.120. The topological polar surface area (TPSA) is 49.7 Å². The van der Waals surface area contributed by atoms with Gasteiger partial charge < -0.3 is 14.9 Å². The fourth-order valence-corrected chi connectivity index (χ4v) is 0.489. The Morgan fingerprint density at radius 1 is 1.09 bits per heavy atom. The molecule has 0 aliphatic rings. The highest BCUT2D eigenvalue weighted by atomic mass is 16.5. The molecule has 11 heavy (non-hydrogen) atoms. The summed E-state index contributed by atoms with van der Waals surface area (Å²) in [6.07, 6.45) is 6.96. The number of hydrogen-bond acceptors (Lipinski definition) is 3. The van der Waals surface area contributed by atoms with Crippen molar-refractivity contribution in [3.05, 3.63) is 25.7 Å². The first-order valence-corrected chi connectivity index (χ1v) is 3.53. The average Bonchev–Trinajstić information content (AvgIpc) is 2.03. The molecule has 0 aromatic carbocycles. The van der Waals surface area contributed by atoms with Crippen molar-refractivity contribution in [2.24, 2.45) is 0 Å². The maximum atomic E-state index is 8.32. The zero-order valence-corrected chi connectivity index (χ0v) is 6.44. The minimum absolute atomic E-state index is 0.0559. The molecule has 0 unspecified atom stereocenters. The number of rotatable bonds is 8. The summed E-state index contributed by atoms with van der Waals surface area (Å²) in [6.45, 7) is 0.979. The van der Waals surface area contributed by atoms with Crippen LogP contribution in [0, 0.1) is 25.7 Å². The zero-order valence-electron chi connectivity index (χ0n) is 6.44. The molecule has 3 heteroatoms. The van der Waals surface area contributed by atoms with E-state index in [-0.39, 0.29) is 13.2 Å². The number of ether oxygens (including phenoxy) is 1. The van der Waals surface area contributed by atoms with Gasteiger partial charge in [-0.3, -0.25) is 0 Å². The van der Waals surface area contributed by atoms with Gasteiger partial charge in [0.05, 0.1) is 19.8 Å². The maximum Gasteiger partial charge on any atom is 0.0697 e. The van der Waals surface area contributed by atoms with Crippen LogP contribution in [0.5, 0.6) is 0 Å².